The summed E-state index contributed by atoms with van der Waals surface area (Å²) in [7, 11) is -3.93. The van der Waals surface area contributed by atoms with Crippen molar-refractivity contribution in [3.8, 4) is 0 Å². The highest BCUT2D eigenvalue weighted by Gasteiger charge is 2.29. The lowest BCUT2D eigenvalue weighted by molar-refractivity contribution is -0.0328. The summed E-state index contributed by atoms with van der Waals surface area (Å²) in [6.45, 7) is 4.52. The Balaban J connectivity index is 2.40. The van der Waals surface area contributed by atoms with E-state index in [0.717, 1.165) is 12.3 Å². The number of aryl methyl sites for hydroxylation is 1. The fraction of sp³-hybridized carbons (Fsp3) is 0.316. The number of benzene rings is 1. The van der Waals surface area contributed by atoms with Crippen molar-refractivity contribution in [1.82, 2.24) is 4.98 Å². The predicted octanol–water partition coefficient (Wildman–Crippen LogP) is 4.22. The van der Waals surface area contributed by atoms with Crippen LogP contribution in [0.25, 0.3) is 0 Å². The van der Waals surface area contributed by atoms with Crippen LogP contribution in [0.2, 0.25) is 0 Å². The quantitative estimate of drug-likeness (QED) is 0.471. The van der Waals surface area contributed by atoms with E-state index in [1.807, 2.05) is 0 Å². The molecule has 0 aliphatic rings. The fourth-order valence-corrected chi connectivity index (χ4v) is 4.19. The second kappa shape index (κ2) is 9.69. The molecule has 1 N–H and O–H groups in total. The minimum Gasteiger partial charge on any atom is -0.462 e. The van der Waals surface area contributed by atoms with Gasteiger partial charge in [0.2, 0.25) is 0 Å². The van der Waals surface area contributed by atoms with E-state index in [9.17, 15) is 31.2 Å². The summed E-state index contributed by atoms with van der Waals surface area (Å²) in [6, 6.07) is 4.73. The molecule has 12 heteroatoms. The number of esters is 1. The van der Waals surface area contributed by atoms with Crippen molar-refractivity contribution in [3.05, 3.63) is 47.3 Å². The van der Waals surface area contributed by atoms with Crippen LogP contribution in [0.15, 0.2) is 40.3 Å². The Morgan fingerprint density at radius 1 is 1.19 bits per heavy atom. The Kier molecular flexibility index (Phi) is 7.71. The van der Waals surface area contributed by atoms with Crippen LogP contribution < -0.4 is 5.32 Å². The highest BCUT2D eigenvalue weighted by molar-refractivity contribution is 8.00. The third kappa shape index (κ3) is 6.44. The molecule has 0 unspecified atom stereocenters. The van der Waals surface area contributed by atoms with Crippen LogP contribution >= 0.6 is 11.8 Å². The van der Waals surface area contributed by atoms with Crippen LogP contribution in [0.5, 0.6) is 0 Å². The summed E-state index contributed by atoms with van der Waals surface area (Å²) in [5.74, 6) is -2.02. The van der Waals surface area contributed by atoms with Crippen molar-refractivity contribution >= 4 is 39.2 Å². The van der Waals surface area contributed by atoms with Gasteiger partial charge in [-0.2, -0.15) is 13.2 Å². The van der Waals surface area contributed by atoms with E-state index in [1.54, 1.807) is 6.92 Å². The zero-order valence-electron chi connectivity index (χ0n) is 16.7. The van der Waals surface area contributed by atoms with Gasteiger partial charge in [0.1, 0.15) is 5.69 Å². The summed E-state index contributed by atoms with van der Waals surface area (Å²) in [5, 5.41) is 2.45. The van der Waals surface area contributed by atoms with Gasteiger partial charge in [-0.1, -0.05) is 6.92 Å². The number of pyridine rings is 1. The zero-order chi connectivity index (χ0) is 23.4. The third-order valence-corrected chi connectivity index (χ3v) is 6.44. The number of rotatable bonds is 7. The van der Waals surface area contributed by atoms with Gasteiger partial charge in [-0.25, -0.2) is 18.2 Å². The molecule has 0 aliphatic heterocycles. The molecule has 0 spiro atoms. The van der Waals surface area contributed by atoms with Gasteiger partial charge in [-0.15, -0.1) is 0 Å². The Hall–Kier alpha value is -2.60. The fourth-order valence-electron chi connectivity index (χ4n) is 2.49. The molecule has 2 aromatic rings. The summed E-state index contributed by atoms with van der Waals surface area (Å²) in [5.41, 5.74) is -4.50. The summed E-state index contributed by atoms with van der Waals surface area (Å²) < 4.78 is 67.4. The molecule has 7 nitrogen and oxygen atoms in total. The van der Waals surface area contributed by atoms with Gasteiger partial charge in [0, 0.05) is 16.8 Å². The molecule has 0 fully saturated rings. The average molecular weight is 476 g/mol. The van der Waals surface area contributed by atoms with E-state index in [0.29, 0.717) is 5.56 Å². The molecule has 1 heterocycles. The maximum absolute atomic E-state index is 12.7. The summed E-state index contributed by atoms with van der Waals surface area (Å²) >= 11 is -0.292. The second-order valence-corrected chi connectivity index (χ2v) is 9.56. The van der Waals surface area contributed by atoms with E-state index < -0.39 is 37.8 Å². The molecule has 1 aromatic heterocycles. The number of carbonyl (C=O) groups is 2. The van der Waals surface area contributed by atoms with Crippen LogP contribution in [-0.2, 0) is 14.6 Å². The van der Waals surface area contributed by atoms with Gasteiger partial charge in [0.05, 0.1) is 22.8 Å². The molecule has 0 aliphatic carbocycles. The summed E-state index contributed by atoms with van der Waals surface area (Å²) in [4.78, 5) is 28.0. The number of hydrogen-bond acceptors (Lipinski definition) is 7. The Morgan fingerprint density at radius 2 is 1.87 bits per heavy atom. The second-order valence-electron chi connectivity index (χ2n) is 6.17. The van der Waals surface area contributed by atoms with Crippen LogP contribution in [0.1, 0.15) is 40.3 Å². The molecular formula is C19H19F3N2O5S2. The highest BCUT2D eigenvalue weighted by Crippen LogP contribution is 2.38. The van der Waals surface area contributed by atoms with Gasteiger partial charge in [0.25, 0.3) is 5.91 Å². The number of hydrogen-bond donors (Lipinski definition) is 1. The van der Waals surface area contributed by atoms with Crippen molar-refractivity contribution < 1.29 is 35.9 Å². The van der Waals surface area contributed by atoms with Crippen molar-refractivity contribution in [3.63, 3.8) is 0 Å². The molecule has 0 saturated carbocycles. The molecule has 0 saturated heterocycles. The number of thioether (sulfide) groups is 1. The lowest BCUT2D eigenvalue weighted by atomic mass is 10.2. The van der Waals surface area contributed by atoms with E-state index in [4.69, 9.17) is 4.74 Å². The van der Waals surface area contributed by atoms with Gasteiger partial charge >= 0.3 is 11.5 Å². The van der Waals surface area contributed by atoms with Crippen molar-refractivity contribution in [2.45, 2.75) is 36.1 Å². The molecule has 31 heavy (non-hydrogen) atoms. The van der Waals surface area contributed by atoms with Crippen LogP contribution in [-0.4, -0.2) is 43.1 Å². The molecule has 0 atom stereocenters. The molecule has 1 amide bonds. The predicted molar refractivity (Wildman–Crippen MR) is 109 cm³/mol. The number of sulfone groups is 1. The molecule has 0 bridgehead atoms. The van der Waals surface area contributed by atoms with Gasteiger partial charge in [0.15, 0.2) is 9.84 Å². The first-order chi connectivity index (χ1) is 14.4. The highest BCUT2D eigenvalue weighted by atomic mass is 32.2. The maximum atomic E-state index is 12.7. The standard InChI is InChI=1S/C19H19F3N2O5S2/c1-4-29-18(26)12-9-15(31(27,28)5-2)16(23-10-12)17(25)24-14-7-6-13(8-11(14)3)30-19(20,21)22/h6-10H,4-5H2,1-3H3,(H,24,25). The zero-order valence-corrected chi connectivity index (χ0v) is 18.4. The maximum Gasteiger partial charge on any atom is 0.446 e. The van der Waals surface area contributed by atoms with E-state index >= 15 is 0 Å². The number of alkyl halides is 3. The number of carbonyl (C=O) groups excluding carboxylic acids is 2. The number of anilines is 1. The van der Waals surface area contributed by atoms with Gasteiger partial charge < -0.3 is 10.1 Å². The number of aromatic nitrogens is 1. The summed E-state index contributed by atoms with van der Waals surface area (Å²) in [6.07, 6.45) is 1.03. The minimum atomic E-state index is -4.45. The normalized spacial score (nSPS) is 11.8. The first-order valence-corrected chi connectivity index (χ1v) is 11.4. The van der Waals surface area contributed by atoms with Crippen LogP contribution in [0.3, 0.4) is 0 Å². The number of amides is 1. The van der Waals surface area contributed by atoms with Crippen molar-refractivity contribution in [2.24, 2.45) is 0 Å². The smallest absolute Gasteiger partial charge is 0.446 e. The molecule has 0 radical (unpaired) electrons. The third-order valence-electron chi connectivity index (χ3n) is 3.97. The molecule has 1 aromatic carbocycles. The van der Waals surface area contributed by atoms with Crippen molar-refractivity contribution in [1.29, 1.82) is 0 Å². The number of ether oxygens (including phenoxy) is 1. The lowest BCUT2D eigenvalue weighted by Crippen LogP contribution is -2.21. The van der Waals surface area contributed by atoms with Gasteiger partial charge in [-0.3, -0.25) is 4.79 Å². The number of halogens is 3. The molecular weight excluding hydrogens is 457 g/mol. The monoisotopic (exact) mass is 476 g/mol. The molecule has 2 rings (SSSR count). The first kappa shape index (κ1) is 24.7. The minimum absolute atomic E-state index is 0.0610. The van der Waals surface area contributed by atoms with E-state index in [1.165, 1.54) is 32.0 Å². The Morgan fingerprint density at radius 3 is 2.42 bits per heavy atom. The van der Waals surface area contributed by atoms with E-state index in [-0.39, 0.29) is 40.3 Å². The number of nitrogens with one attached hydrogen (secondary N) is 1. The van der Waals surface area contributed by atoms with Crippen molar-refractivity contribution in [2.75, 3.05) is 17.7 Å². The average Bonchev–Trinajstić information content (AvgIpc) is 2.68. The van der Waals surface area contributed by atoms with Crippen LogP contribution in [0.4, 0.5) is 18.9 Å². The van der Waals surface area contributed by atoms with E-state index in [2.05, 4.69) is 10.3 Å². The van der Waals surface area contributed by atoms with Gasteiger partial charge in [-0.05, 0) is 55.4 Å². The Labute approximate surface area is 181 Å². The molecule has 168 valence electrons. The Bertz CT molecular complexity index is 1100. The first-order valence-electron chi connectivity index (χ1n) is 8.95. The van der Waals surface area contributed by atoms with Crippen LogP contribution in [0, 0.1) is 6.92 Å². The number of nitrogens with zero attached hydrogens (tertiary/aromatic N) is 1. The largest absolute Gasteiger partial charge is 0.462 e. The lowest BCUT2D eigenvalue weighted by Gasteiger charge is -2.13. The SMILES string of the molecule is CCOC(=O)c1cnc(C(=O)Nc2ccc(SC(F)(F)F)cc2C)c(S(=O)(=O)CC)c1. The topological polar surface area (TPSA) is 102 Å².